The zero-order valence-electron chi connectivity index (χ0n) is 19.1. The predicted molar refractivity (Wildman–Crippen MR) is 139 cm³/mol. The first-order chi connectivity index (χ1) is 17.2. The van der Waals surface area contributed by atoms with Crippen molar-refractivity contribution in [2.45, 2.75) is 6.42 Å². The molecule has 176 valence electrons. The minimum atomic E-state index is -0.298. The monoisotopic (exact) mass is 483 g/mol. The van der Waals surface area contributed by atoms with Crippen LogP contribution in [0.15, 0.2) is 66.3 Å². The lowest BCUT2D eigenvalue weighted by molar-refractivity contribution is 0.102. The fraction of sp³-hybridized carbons (Fsp3) is 0.231. The van der Waals surface area contributed by atoms with Gasteiger partial charge in [0.05, 0.1) is 28.6 Å². The Kier molecular flexibility index (Phi) is 5.95. The maximum absolute atomic E-state index is 13.0. The van der Waals surface area contributed by atoms with Crippen molar-refractivity contribution in [3.05, 3.63) is 77.7 Å². The smallest absolute Gasteiger partial charge is 0.275 e. The normalized spacial score (nSPS) is 14.5. The number of piperazine rings is 1. The highest BCUT2D eigenvalue weighted by Gasteiger charge is 2.17. The third-order valence-electron chi connectivity index (χ3n) is 6.31. The minimum absolute atomic E-state index is 0.277. The molecule has 0 aliphatic carbocycles. The molecule has 9 heteroatoms. The van der Waals surface area contributed by atoms with Gasteiger partial charge in [0, 0.05) is 62.0 Å². The Morgan fingerprint density at radius 3 is 2.71 bits per heavy atom. The van der Waals surface area contributed by atoms with Crippen molar-refractivity contribution in [3.63, 3.8) is 0 Å². The van der Waals surface area contributed by atoms with Gasteiger partial charge in [-0.1, -0.05) is 30.3 Å². The van der Waals surface area contributed by atoms with Crippen molar-refractivity contribution in [2.75, 3.05) is 38.0 Å². The van der Waals surface area contributed by atoms with Crippen LogP contribution in [-0.2, 0) is 6.42 Å². The first kappa shape index (κ1) is 21.8. The average Bonchev–Trinajstić information content (AvgIpc) is 3.49. The lowest BCUT2D eigenvalue weighted by atomic mass is 10.1. The zero-order chi connectivity index (χ0) is 23.6. The van der Waals surface area contributed by atoms with E-state index in [4.69, 9.17) is 4.98 Å². The standard InChI is InChI=1S/C26H25N7OS/c34-25(23-15-28-21-7-3-4-8-22(21)29-23)30-20-6-2-1-5-19(20)24-16-33-18(17-35-26(33)31-24)9-12-32-13-10-27-11-14-32/h1-8,15-17,27H,9-14H2,(H,30,34). The number of nitrogens with zero attached hydrogens (tertiary/aromatic N) is 5. The fourth-order valence-corrected chi connectivity index (χ4v) is 5.32. The van der Waals surface area contributed by atoms with Crippen molar-refractivity contribution in [1.82, 2.24) is 29.6 Å². The van der Waals surface area contributed by atoms with Crippen LogP contribution in [0.1, 0.15) is 16.2 Å². The summed E-state index contributed by atoms with van der Waals surface area (Å²) in [5.74, 6) is -0.298. The second-order valence-corrected chi connectivity index (χ2v) is 9.43. The van der Waals surface area contributed by atoms with Crippen molar-refractivity contribution >= 4 is 38.9 Å². The molecular formula is C26H25N7OS. The topological polar surface area (TPSA) is 87.5 Å². The summed E-state index contributed by atoms with van der Waals surface area (Å²) in [7, 11) is 0. The van der Waals surface area contributed by atoms with Crippen LogP contribution in [0.4, 0.5) is 5.69 Å². The van der Waals surface area contributed by atoms with Crippen LogP contribution >= 0.6 is 11.3 Å². The van der Waals surface area contributed by atoms with Gasteiger partial charge in [0.15, 0.2) is 4.96 Å². The van der Waals surface area contributed by atoms with Gasteiger partial charge in [-0.3, -0.25) is 14.2 Å². The first-order valence-electron chi connectivity index (χ1n) is 11.8. The molecule has 1 fully saturated rings. The molecule has 3 aromatic heterocycles. The lowest BCUT2D eigenvalue weighted by Crippen LogP contribution is -2.44. The lowest BCUT2D eigenvalue weighted by Gasteiger charge is -2.26. The van der Waals surface area contributed by atoms with E-state index >= 15 is 0 Å². The van der Waals surface area contributed by atoms with Crippen LogP contribution in [0, 0.1) is 0 Å². The number of aromatic nitrogens is 4. The van der Waals surface area contributed by atoms with Crippen molar-refractivity contribution in [2.24, 2.45) is 0 Å². The summed E-state index contributed by atoms with van der Waals surface area (Å²) in [6, 6.07) is 15.2. The van der Waals surface area contributed by atoms with Crippen LogP contribution in [0.3, 0.4) is 0 Å². The van der Waals surface area contributed by atoms with Gasteiger partial charge in [-0.2, -0.15) is 0 Å². The van der Waals surface area contributed by atoms with E-state index in [1.807, 2.05) is 48.5 Å². The zero-order valence-corrected chi connectivity index (χ0v) is 20.0. The molecule has 0 spiro atoms. The van der Waals surface area contributed by atoms with E-state index in [9.17, 15) is 4.79 Å². The highest BCUT2D eigenvalue weighted by Crippen LogP contribution is 2.30. The molecule has 4 heterocycles. The second-order valence-electron chi connectivity index (χ2n) is 8.59. The number of thiazole rings is 1. The van der Waals surface area contributed by atoms with E-state index in [1.54, 1.807) is 11.3 Å². The van der Waals surface area contributed by atoms with Gasteiger partial charge in [-0.25, -0.2) is 9.97 Å². The van der Waals surface area contributed by atoms with Gasteiger partial charge in [0.1, 0.15) is 5.69 Å². The highest BCUT2D eigenvalue weighted by atomic mass is 32.1. The quantitative estimate of drug-likeness (QED) is 0.383. The van der Waals surface area contributed by atoms with Gasteiger partial charge in [0.2, 0.25) is 0 Å². The molecule has 1 aliphatic heterocycles. The summed E-state index contributed by atoms with van der Waals surface area (Å²) in [6.07, 6.45) is 4.56. The maximum Gasteiger partial charge on any atom is 0.275 e. The number of hydrogen-bond acceptors (Lipinski definition) is 7. The van der Waals surface area contributed by atoms with Gasteiger partial charge < -0.3 is 15.5 Å². The van der Waals surface area contributed by atoms with Gasteiger partial charge in [-0.15, -0.1) is 11.3 Å². The molecule has 1 saturated heterocycles. The van der Waals surface area contributed by atoms with E-state index in [-0.39, 0.29) is 11.6 Å². The molecule has 2 aromatic carbocycles. The number of benzene rings is 2. The third kappa shape index (κ3) is 4.53. The van der Waals surface area contributed by atoms with Crippen LogP contribution in [0.5, 0.6) is 0 Å². The van der Waals surface area contributed by atoms with Gasteiger partial charge in [0.25, 0.3) is 5.91 Å². The molecule has 1 amide bonds. The average molecular weight is 484 g/mol. The summed E-state index contributed by atoms with van der Waals surface area (Å²) < 4.78 is 2.18. The van der Waals surface area contributed by atoms with E-state index in [1.165, 1.54) is 11.9 Å². The Hall–Kier alpha value is -3.66. The number of amides is 1. The largest absolute Gasteiger partial charge is 0.320 e. The highest BCUT2D eigenvalue weighted by molar-refractivity contribution is 7.15. The summed E-state index contributed by atoms with van der Waals surface area (Å²) in [6.45, 7) is 5.35. The Labute approximate surface area is 206 Å². The number of rotatable bonds is 6. The molecule has 0 bridgehead atoms. The number of imidazole rings is 1. The second kappa shape index (κ2) is 9.53. The Balaban J connectivity index is 1.24. The van der Waals surface area contributed by atoms with Crippen LogP contribution in [0.25, 0.3) is 27.3 Å². The van der Waals surface area contributed by atoms with E-state index < -0.39 is 0 Å². The minimum Gasteiger partial charge on any atom is -0.320 e. The van der Waals surface area contributed by atoms with Crippen LogP contribution in [0.2, 0.25) is 0 Å². The molecule has 1 aliphatic rings. The molecule has 35 heavy (non-hydrogen) atoms. The molecule has 0 atom stereocenters. The third-order valence-corrected chi connectivity index (χ3v) is 7.20. The van der Waals surface area contributed by atoms with Crippen LogP contribution in [-0.4, -0.2) is 62.9 Å². The van der Waals surface area contributed by atoms with Crippen molar-refractivity contribution < 1.29 is 4.79 Å². The Morgan fingerprint density at radius 1 is 1.03 bits per heavy atom. The molecule has 6 rings (SSSR count). The number of hydrogen-bond donors (Lipinski definition) is 2. The van der Waals surface area contributed by atoms with E-state index in [2.05, 4.69) is 41.5 Å². The SMILES string of the molecule is O=C(Nc1ccccc1-c1cn2c(CCN3CCNCC3)csc2n1)c1cnc2ccccc2n1. The Morgan fingerprint density at radius 2 is 1.83 bits per heavy atom. The maximum atomic E-state index is 13.0. The number of fused-ring (bicyclic) bond motifs is 2. The predicted octanol–water partition coefficient (Wildman–Crippen LogP) is 3.71. The fourth-order valence-electron chi connectivity index (χ4n) is 4.41. The number of para-hydroxylation sites is 3. The molecular weight excluding hydrogens is 458 g/mol. The molecule has 0 unspecified atom stereocenters. The number of carbonyl (C=O) groups excluding carboxylic acids is 1. The number of anilines is 1. The van der Waals surface area contributed by atoms with Crippen LogP contribution < -0.4 is 10.6 Å². The molecule has 0 saturated carbocycles. The molecule has 2 N–H and O–H groups in total. The van der Waals surface area contributed by atoms with E-state index in [0.29, 0.717) is 11.2 Å². The number of nitrogens with one attached hydrogen (secondary N) is 2. The molecule has 0 radical (unpaired) electrons. The number of carbonyl (C=O) groups is 1. The summed E-state index contributed by atoms with van der Waals surface area (Å²) in [5.41, 5.74) is 5.39. The summed E-state index contributed by atoms with van der Waals surface area (Å²) in [5, 5.41) is 8.61. The summed E-state index contributed by atoms with van der Waals surface area (Å²) >= 11 is 1.65. The molecule has 8 nitrogen and oxygen atoms in total. The van der Waals surface area contributed by atoms with Gasteiger partial charge >= 0.3 is 0 Å². The van der Waals surface area contributed by atoms with Crippen molar-refractivity contribution in [1.29, 1.82) is 0 Å². The first-order valence-corrected chi connectivity index (χ1v) is 12.6. The van der Waals surface area contributed by atoms with E-state index in [0.717, 1.165) is 60.9 Å². The Bertz CT molecular complexity index is 1500. The van der Waals surface area contributed by atoms with Gasteiger partial charge in [-0.05, 0) is 18.2 Å². The molecule has 5 aromatic rings. The van der Waals surface area contributed by atoms with Crippen molar-refractivity contribution in [3.8, 4) is 11.3 Å². The summed E-state index contributed by atoms with van der Waals surface area (Å²) in [4.78, 5) is 30.2.